The van der Waals surface area contributed by atoms with Gasteiger partial charge in [-0.05, 0) is 44.9 Å². The summed E-state index contributed by atoms with van der Waals surface area (Å²) in [6, 6.07) is 6.92. The molecule has 0 saturated heterocycles. The Morgan fingerprint density at radius 3 is 2.55 bits per heavy atom. The fourth-order valence-corrected chi connectivity index (χ4v) is 2.64. The van der Waals surface area contributed by atoms with Crippen LogP contribution in [0.3, 0.4) is 0 Å². The van der Waals surface area contributed by atoms with E-state index >= 15 is 0 Å². The van der Waals surface area contributed by atoms with Crippen LogP contribution in [0.5, 0.6) is 5.75 Å². The quantitative estimate of drug-likeness (QED) is 0.841. The lowest BCUT2D eigenvalue weighted by Gasteiger charge is -2.20. The molecule has 0 aliphatic heterocycles. The van der Waals surface area contributed by atoms with Gasteiger partial charge in [0, 0.05) is 11.5 Å². The largest absolute Gasteiger partial charge is 0.491 e. The fraction of sp³-hybridized carbons (Fsp3) is 0.529. The van der Waals surface area contributed by atoms with E-state index in [1.165, 1.54) is 6.42 Å². The molecule has 1 aromatic rings. The molecule has 22 heavy (non-hydrogen) atoms. The smallest absolute Gasteiger partial charge is 0.269 e. The summed E-state index contributed by atoms with van der Waals surface area (Å²) in [5.74, 6) is 0.229. The maximum absolute atomic E-state index is 12.1. The fourth-order valence-electron chi connectivity index (χ4n) is 2.64. The number of benzene rings is 1. The van der Waals surface area contributed by atoms with Crippen molar-refractivity contribution in [1.82, 2.24) is 10.9 Å². The van der Waals surface area contributed by atoms with E-state index < -0.39 is 0 Å². The molecule has 1 aliphatic carbocycles. The lowest BCUT2D eigenvalue weighted by molar-refractivity contribution is -0.126. The van der Waals surface area contributed by atoms with Crippen LogP contribution in [0.4, 0.5) is 0 Å². The average Bonchev–Trinajstić information content (AvgIpc) is 2.52. The number of ether oxygens (including phenoxy) is 1. The molecule has 1 fully saturated rings. The first-order valence-electron chi connectivity index (χ1n) is 7.93. The van der Waals surface area contributed by atoms with Crippen molar-refractivity contribution < 1.29 is 14.3 Å². The third kappa shape index (κ3) is 4.76. The van der Waals surface area contributed by atoms with Gasteiger partial charge in [0.1, 0.15) is 5.75 Å². The number of carbonyl (C=O) groups is 2. The van der Waals surface area contributed by atoms with Crippen LogP contribution in [0.15, 0.2) is 24.3 Å². The first kappa shape index (κ1) is 16.3. The number of hydrazine groups is 1. The van der Waals surface area contributed by atoms with E-state index in [9.17, 15) is 9.59 Å². The van der Waals surface area contributed by atoms with Crippen molar-refractivity contribution >= 4 is 11.8 Å². The van der Waals surface area contributed by atoms with Crippen LogP contribution < -0.4 is 15.6 Å². The van der Waals surface area contributed by atoms with Gasteiger partial charge in [0.05, 0.1) is 6.10 Å². The number of amides is 2. The van der Waals surface area contributed by atoms with E-state index in [0.717, 1.165) is 25.7 Å². The molecule has 0 radical (unpaired) electrons. The van der Waals surface area contributed by atoms with Gasteiger partial charge in [0.2, 0.25) is 5.91 Å². The summed E-state index contributed by atoms with van der Waals surface area (Å²) in [4.78, 5) is 24.1. The Hall–Kier alpha value is -2.04. The Bertz CT molecular complexity index is 522. The van der Waals surface area contributed by atoms with E-state index in [1.807, 2.05) is 13.8 Å². The predicted molar refractivity (Wildman–Crippen MR) is 84.4 cm³/mol. The number of nitrogens with one attached hydrogen (secondary N) is 2. The molecule has 120 valence electrons. The Morgan fingerprint density at radius 2 is 1.86 bits per heavy atom. The van der Waals surface area contributed by atoms with Gasteiger partial charge in [-0.2, -0.15) is 0 Å². The van der Waals surface area contributed by atoms with Gasteiger partial charge in [0.25, 0.3) is 5.91 Å². The molecule has 0 unspecified atom stereocenters. The highest BCUT2D eigenvalue weighted by Gasteiger charge is 2.21. The lowest BCUT2D eigenvalue weighted by Crippen LogP contribution is -2.44. The third-order valence-electron chi connectivity index (χ3n) is 3.74. The predicted octanol–water partition coefficient (Wildman–Crippen LogP) is 2.82. The summed E-state index contributed by atoms with van der Waals surface area (Å²) in [6.45, 7) is 3.86. The van der Waals surface area contributed by atoms with E-state index in [1.54, 1.807) is 24.3 Å². The Kier molecular flexibility index (Phi) is 5.81. The summed E-state index contributed by atoms with van der Waals surface area (Å²) < 4.78 is 5.56. The first-order chi connectivity index (χ1) is 10.6. The van der Waals surface area contributed by atoms with Crippen LogP contribution in [0.1, 0.15) is 56.3 Å². The van der Waals surface area contributed by atoms with Crippen LogP contribution in [-0.2, 0) is 4.79 Å². The van der Waals surface area contributed by atoms with E-state index in [4.69, 9.17) is 4.74 Å². The highest BCUT2D eigenvalue weighted by Crippen LogP contribution is 2.23. The minimum absolute atomic E-state index is 0.0182. The van der Waals surface area contributed by atoms with Crippen LogP contribution in [0.2, 0.25) is 0 Å². The Balaban J connectivity index is 1.87. The third-order valence-corrected chi connectivity index (χ3v) is 3.74. The van der Waals surface area contributed by atoms with Crippen molar-refractivity contribution in [2.45, 2.75) is 52.1 Å². The zero-order valence-electron chi connectivity index (χ0n) is 13.2. The molecule has 2 amide bonds. The molecule has 5 nitrogen and oxygen atoms in total. The second-order valence-corrected chi connectivity index (χ2v) is 5.97. The minimum atomic E-state index is -0.335. The van der Waals surface area contributed by atoms with E-state index in [-0.39, 0.29) is 23.8 Å². The van der Waals surface area contributed by atoms with Gasteiger partial charge in [0.15, 0.2) is 0 Å². The van der Waals surface area contributed by atoms with Crippen molar-refractivity contribution in [2.24, 2.45) is 5.92 Å². The van der Waals surface area contributed by atoms with Gasteiger partial charge in [-0.1, -0.05) is 25.3 Å². The maximum atomic E-state index is 12.1. The number of carbonyl (C=O) groups excluding carboxylic acids is 2. The van der Waals surface area contributed by atoms with Crippen molar-refractivity contribution in [2.75, 3.05) is 0 Å². The lowest BCUT2D eigenvalue weighted by atomic mass is 9.89. The van der Waals surface area contributed by atoms with Gasteiger partial charge in [-0.15, -0.1) is 0 Å². The van der Waals surface area contributed by atoms with Gasteiger partial charge < -0.3 is 4.74 Å². The molecule has 1 aromatic carbocycles. The monoisotopic (exact) mass is 304 g/mol. The summed E-state index contributed by atoms with van der Waals surface area (Å²) in [5.41, 5.74) is 5.47. The molecule has 0 aromatic heterocycles. The summed E-state index contributed by atoms with van der Waals surface area (Å²) in [5, 5.41) is 0. The molecule has 2 rings (SSSR count). The normalized spacial score (nSPS) is 15.4. The molecule has 1 saturated carbocycles. The van der Waals surface area contributed by atoms with Crippen LogP contribution in [-0.4, -0.2) is 17.9 Å². The summed E-state index contributed by atoms with van der Waals surface area (Å²) >= 11 is 0. The van der Waals surface area contributed by atoms with Crippen molar-refractivity contribution in [3.8, 4) is 5.75 Å². The highest BCUT2D eigenvalue weighted by atomic mass is 16.5. The molecular weight excluding hydrogens is 280 g/mol. The van der Waals surface area contributed by atoms with Gasteiger partial charge in [-0.3, -0.25) is 20.4 Å². The molecule has 5 heteroatoms. The molecule has 0 spiro atoms. The molecule has 1 aliphatic rings. The molecule has 2 N–H and O–H groups in total. The zero-order chi connectivity index (χ0) is 15.9. The molecular formula is C17H24N2O3. The Morgan fingerprint density at radius 1 is 1.14 bits per heavy atom. The average molecular weight is 304 g/mol. The van der Waals surface area contributed by atoms with Crippen molar-refractivity contribution in [3.05, 3.63) is 29.8 Å². The van der Waals surface area contributed by atoms with Crippen molar-refractivity contribution in [1.29, 1.82) is 0 Å². The number of hydrogen-bond acceptors (Lipinski definition) is 3. The topological polar surface area (TPSA) is 67.4 Å². The SMILES string of the molecule is CC(C)Oc1cccc(C(=O)NNC(=O)C2CCCCC2)c1. The molecule has 0 atom stereocenters. The maximum Gasteiger partial charge on any atom is 0.269 e. The van der Waals surface area contributed by atoms with Crippen LogP contribution in [0.25, 0.3) is 0 Å². The number of hydrogen-bond donors (Lipinski definition) is 2. The standard InChI is InChI=1S/C17H24N2O3/c1-12(2)22-15-10-6-9-14(11-15)17(21)19-18-16(20)13-7-4-3-5-8-13/h6,9-13H,3-5,7-8H2,1-2H3,(H,18,20)(H,19,21). The second kappa shape index (κ2) is 7.82. The highest BCUT2D eigenvalue weighted by molar-refractivity contribution is 5.95. The van der Waals surface area contributed by atoms with Gasteiger partial charge in [-0.25, -0.2) is 0 Å². The first-order valence-corrected chi connectivity index (χ1v) is 7.93. The van der Waals surface area contributed by atoms with Gasteiger partial charge >= 0.3 is 0 Å². The molecule has 0 heterocycles. The van der Waals surface area contributed by atoms with Crippen LogP contribution >= 0.6 is 0 Å². The summed E-state index contributed by atoms with van der Waals surface area (Å²) in [7, 11) is 0. The second-order valence-electron chi connectivity index (χ2n) is 5.97. The zero-order valence-corrected chi connectivity index (χ0v) is 13.2. The Labute approximate surface area is 131 Å². The van der Waals surface area contributed by atoms with E-state index in [2.05, 4.69) is 10.9 Å². The van der Waals surface area contributed by atoms with E-state index in [0.29, 0.717) is 11.3 Å². The number of rotatable bonds is 4. The summed E-state index contributed by atoms with van der Waals surface area (Å²) in [6.07, 6.45) is 5.21. The molecule has 0 bridgehead atoms. The van der Waals surface area contributed by atoms with Crippen LogP contribution in [0, 0.1) is 5.92 Å². The minimum Gasteiger partial charge on any atom is -0.491 e. The van der Waals surface area contributed by atoms with Crippen molar-refractivity contribution in [3.63, 3.8) is 0 Å².